The van der Waals surface area contributed by atoms with Crippen molar-refractivity contribution in [2.75, 3.05) is 39.3 Å². The van der Waals surface area contributed by atoms with Gasteiger partial charge in [-0.05, 0) is 37.8 Å². The van der Waals surface area contributed by atoms with Gasteiger partial charge in [-0.2, -0.15) is 0 Å². The van der Waals surface area contributed by atoms with E-state index < -0.39 is 0 Å². The van der Waals surface area contributed by atoms with Crippen molar-refractivity contribution < 1.29 is 14.3 Å². The molecule has 25 heavy (non-hydrogen) atoms. The second kappa shape index (κ2) is 7.87. The smallest absolute Gasteiger partial charge is 0.260 e. The van der Waals surface area contributed by atoms with Crippen molar-refractivity contribution in [3.05, 3.63) is 29.3 Å². The van der Waals surface area contributed by atoms with Gasteiger partial charge in [-0.3, -0.25) is 9.59 Å². The number of carbonyl (C=O) groups is 2. The fraction of sp³-hybridized carbons (Fsp3) is 0.579. The van der Waals surface area contributed by atoms with Crippen LogP contribution in [0, 0.1) is 13.8 Å². The lowest BCUT2D eigenvalue weighted by Crippen LogP contribution is -2.57. The number of benzene rings is 1. The number of nitrogens with one attached hydrogen (secondary N) is 1. The van der Waals surface area contributed by atoms with Gasteiger partial charge in [-0.1, -0.05) is 18.2 Å². The number of likely N-dealkylation sites (tertiary alicyclic amines) is 1. The van der Waals surface area contributed by atoms with Crippen LogP contribution in [0.5, 0.6) is 5.75 Å². The fourth-order valence-electron chi connectivity index (χ4n) is 3.69. The predicted molar refractivity (Wildman–Crippen MR) is 95.6 cm³/mol. The number of nitrogens with zero attached hydrogens (tertiary/aromatic N) is 2. The number of aryl methyl sites for hydroxylation is 2. The third-order valence-electron chi connectivity index (χ3n) is 5.06. The Hall–Kier alpha value is -2.08. The Balaban J connectivity index is 1.57. The van der Waals surface area contributed by atoms with Gasteiger partial charge >= 0.3 is 0 Å². The molecule has 0 saturated carbocycles. The number of hydrogen-bond acceptors (Lipinski definition) is 4. The van der Waals surface area contributed by atoms with Gasteiger partial charge < -0.3 is 19.9 Å². The number of carbonyl (C=O) groups excluding carboxylic acids is 2. The maximum absolute atomic E-state index is 12.6. The average Bonchev–Trinajstić information content (AvgIpc) is 2.61. The first-order chi connectivity index (χ1) is 12.1. The first-order valence-electron chi connectivity index (χ1n) is 9.03. The number of piperazine rings is 1. The van der Waals surface area contributed by atoms with E-state index in [-0.39, 0.29) is 24.5 Å². The summed E-state index contributed by atoms with van der Waals surface area (Å²) in [6.45, 7) is 7.33. The maximum atomic E-state index is 12.6. The molecule has 1 aromatic carbocycles. The normalized spacial score (nSPS) is 21.4. The van der Waals surface area contributed by atoms with Gasteiger partial charge in [0.15, 0.2) is 6.61 Å². The van der Waals surface area contributed by atoms with Crippen LogP contribution < -0.4 is 10.1 Å². The molecular formula is C19H27N3O3. The summed E-state index contributed by atoms with van der Waals surface area (Å²) in [5, 5.41) is 3.09. The topological polar surface area (TPSA) is 61.9 Å². The molecule has 2 saturated heterocycles. The first-order valence-corrected chi connectivity index (χ1v) is 9.03. The van der Waals surface area contributed by atoms with E-state index in [1.807, 2.05) is 41.8 Å². The standard InChI is InChI=1S/C19H27N3O3/c1-14-5-3-6-15(2)19(14)25-13-18(24)21-9-4-7-16(12-21)22-10-8-20-11-17(22)23/h3,5-6,16,20H,4,7-13H2,1-2H3. The second-order valence-corrected chi connectivity index (χ2v) is 6.91. The van der Waals surface area contributed by atoms with Gasteiger partial charge in [0.1, 0.15) is 5.75 Å². The minimum atomic E-state index is -0.00469. The Morgan fingerprint density at radius 3 is 2.76 bits per heavy atom. The van der Waals surface area contributed by atoms with Crippen molar-refractivity contribution in [3.63, 3.8) is 0 Å². The SMILES string of the molecule is Cc1cccc(C)c1OCC(=O)N1CCCC(N2CCNCC2=O)C1. The van der Waals surface area contributed by atoms with Crippen LogP contribution in [0.1, 0.15) is 24.0 Å². The van der Waals surface area contributed by atoms with Crippen molar-refractivity contribution in [1.29, 1.82) is 0 Å². The monoisotopic (exact) mass is 345 g/mol. The van der Waals surface area contributed by atoms with Crippen LogP contribution in [0.25, 0.3) is 0 Å². The molecule has 0 aromatic heterocycles. The van der Waals surface area contributed by atoms with Crippen LogP contribution in [0.4, 0.5) is 0 Å². The van der Waals surface area contributed by atoms with E-state index in [9.17, 15) is 9.59 Å². The number of amides is 2. The molecule has 2 aliphatic rings. The van der Waals surface area contributed by atoms with Crippen LogP contribution >= 0.6 is 0 Å². The molecular weight excluding hydrogens is 318 g/mol. The lowest BCUT2D eigenvalue weighted by atomic mass is 10.0. The maximum Gasteiger partial charge on any atom is 0.260 e. The van der Waals surface area contributed by atoms with Gasteiger partial charge in [0.2, 0.25) is 5.91 Å². The third kappa shape index (κ3) is 4.12. The molecule has 1 atom stereocenters. The second-order valence-electron chi connectivity index (χ2n) is 6.91. The molecule has 136 valence electrons. The van der Waals surface area contributed by atoms with Crippen LogP contribution in [-0.2, 0) is 9.59 Å². The highest BCUT2D eigenvalue weighted by Gasteiger charge is 2.31. The first kappa shape index (κ1) is 17.7. The van der Waals surface area contributed by atoms with Gasteiger partial charge in [-0.15, -0.1) is 0 Å². The average molecular weight is 345 g/mol. The minimum absolute atomic E-state index is 0.00469. The molecule has 1 aromatic rings. The molecule has 0 spiro atoms. The van der Waals surface area contributed by atoms with Gasteiger partial charge in [0.25, 0.3) is 5.91 Å². The van der Waals surface area contributed by atoms with E-state index in [0.29, 0.717) is 13.1 Å². The highest BCUT2D eigenvalue weighted by atomic mass is 16.5. The molecule has 2 aliphatic heterocycles. The molecule has 0 bridgehead atoms. The summed E-state index contributed by atoms with van der Waals surface area (Å²) < 4.78 is 5.80. The summed E-state index contributed by atoms with van der Waals surface area (Å²) in [5.41, 5.74) is 2.08. The van der Waals surface area contributed by atoms with Crippen LogP contribution in [-0.4, -0.2) is 67.0 Å². The van der Waals surface area contributed by atoms with Crippen LogP contribution in [0.3, 0.4) is 0 Å². The Labute approximate surface area is 149 Å². The molecule has 6 nitrogen and oxygen atoms in total. The van der Waals surface area contributed by atoms with E-state index in [0.717, 1.165) is 49.4 Å². The number of hydrogen-bond donors (Lipinski definition) is 1. The van der Waals surface area contributed by atoms with Crippen LogP contribution in [0.2, 0.25) is 0 Å². The molecule has 2 heterocycles. The number of para-hydroxylation sites is 1. The number of rotatable bonds is 4. The zero-order valence-corrected chi connectivity index (χ0v) is 15.1. The summed E-state index contributed by atoms with van der Waals surface area (Å²) in [7, 11) is 0. The Morgan fingerprint density at radius 1 is 1.28 bits per heavy atom. The van der Waals surface area contributed by atoms with E-state index in [2.05, 4.69) is 5.32 Å². The van der Waals surface area contributed by atoms with Crippen molar-refractivity contribution in [1.82, 2.24) is 15.1 Å². The van der Waals surface area contributed by atoms with Crippen molar-refractivity contribution in [3.8, 4) is 5.75 Å². The molecule has 3 rings (SSSR count). The number of piperidine rings is 1. The van der Waals surface area contributed by atoms with Crippen molar-refractivity contribution in [2.24, 2.45) is 0 Å². The highest BCUT2D eigenvalue weighted by Crippen LogP contribution is 2.23. The lowest BCUT2D eigenvalue weighted by molar-refractivity contribution is -0.141. The molecule has 0 aliphatic carbocycles. The van der Waals surface area contributed by atoms with Crippen molar-refractivity contribution >= 4 is 11.8 Å². The molecule has 1 unspecified atom stereocenters. The van der Waals surface area contributed by atoms with Gasteiger partial charge in [0, 0.05) is 32.2 Å². The zero-order chi connectivity index (χ0) is 17.8. The summed E-state index contributed by atoms with van der Waals surface area (Å²) >= 11 is 0. The van der Waals surface area contributed by atoms with Gasteiger partial charge in [0.05, 0.1) is 6.54 Å². The Morgan fingerprint density at radius 2 is 2.04 bits per heavy atom. The Kier molecular flexibility index (Phi) is 5.58. The molecule has 0 radical (unpaired) electrons. The predicted octanol–water partition coefficient (Wildman–Crippen LogP) is 1.11. The Bertz CT molecular complexity index is 627. The van der Waals surface area contributed by atoms with E-state index in [1.165, 1.54) is 0 Å². The quantitative estimate of drug-likeness (QED) is 0.888. The highest BCUT2D eigenvalue weighted by molar-refractivity contribution is 5.80. The molecule has 1 N–H and O–H groups in total. The van der Waals surface area contributed by atoms with E-state index in [4.69, 9.17) is 4.74 Å². The van der Waals surface area contributed by atoms with E-state index >= 15 is 0 Å². The lowest BCUT2D eigenvalue weighted by Gasteiger charge is -2.41. The number of ether oxygens (including phenoxy) is 1. The third-order valence-corrected chi connectivity index (χ3v) is 5.06. The zero-order valence-electron chi connectivity index (χ0n) is 15.1. The minimum Gasteiger partial charge on any atom is -0.483 e. The van der Waals surface area contributed by atoms with Crippen molar-refractivity contribution in [2.45, 2.75) is 32.7 Å². The van der Waals surface area contributed by atoms with Crippen LogP contribution in [0.15, 0.2) is 18.2 Å². The van der Waals surface area contributed by atoms with Gasteiger partial charge in [-0.25, -0.2) is 0 Å². The molecule has 6 heteroatoms. The summed E-state index contributed by atoms with van der Waals surface area (Å²) in [6, 6.07) is 6.09. The summed E-state index contributed by atoms with van der Waals surface area (Å²) in [6.07, 6.45) is 1.89. The van der Waals surface area contributed by atoms with E-state index in [1.54, 1.807) is 0 Å². The summed E-state index contributed by atoms with van der Waals surface area (Å²) in [4.78, 5) is 28.5. The molecule has 2 amide bonds. The fourth-order valence-corrected chi connectivity index (χ4v) is 3.69. The summed E-state index contributed by atoms with van der Waals surface area (Å²) in [5.74, 6) is 0.925. The largest absolute Gasteiger partial charge is 0.483 e. The molecule has 2 fully saturated rings.